The van der Waals surface area contributed by atoms with E-state index in [9.17, 15) is 4.79 Å². The second-order valence-corrected chi connectivity index (χ2v) is 4.04. The van der Waals surface area contributed by atoms with Gasteiger partial charge in [0, 0.05) is 5.69 Å². The average molecular weight is 268 g/mol. The Morgan fingerprint density at radius 3 is 2.75 bits per heavy atom. The van der Waals surface area contributed by atoms with Gasteiger partial charge in [-0.15, -0.1) is 0 Å². The molecule has 1 aromatic carbocycles. The van der Waals surface area contributed by atoms with Gasteiger partial charge >= 0.3 is 5.97 Å². The zero-order valence-electron chi connectivity index (χ0n) is 11.0. The van der Waals surface area contributed by atoms with Gasteiger partial charge in [-0.25, -0.2) is 14.8 Å². The number of esters is 1. The summed E-state index contributed by atoms with van der Waals surface area (Å²) >= 11 is 0. The second kappa shape index (κ2) is 5.80. The number of aromatic nitrogens is 2. The molecule has 6 heteroatoms. The molecule has 2 rings (SSSR count). The monoisotopic (exact) mass is 268 g/mol. The molecule has 6 nitrogen and oxygen atoms in total. The van der Waals surface area contributed by atoms with Gasteiger partial charge in [0.15, 0.2) is 5.69 Å². The van der Waals surface area contributed by atoms with Crippen LogP contribution in [0, 0.1) is 18.3 Å². The molecule has 0 aliphatic heterocycles. The van der Waals surface area contributed by atoms with Crippen LogP contribution in [0.5, 0.6) is 0 Å². The first-order valence-electron chi connectivity index (χ1n) is 5.82. The number of ether oxygens (including phenoxy) is 1. The van der Waals surface area contributed by atoms with Crippen LogP contribution in [-0.4, -0.2) is 23.0 Å². The number of aryl methyl sites for hydroxylation is 1. The van der Waals surface area contributed by atoms with Gasteiger partial charge in [0.05, 0.1) is 31.1 Å². The van der Waals surface area contributed by atoms with Crippen molar-refractivity contribution in [2.24, 2.45) is 0 Å². The lowest BCUT2D eigenvalue weighted by atomic mass is 10.1. The van der Waals surface area contributed by atoms with Crippen molar-refractivity contribution in [3.63, 3.8) is 0 Å². The third-order valence-electron chi connectivity index (χ3n) is 2.68. The minimum atomic E-state index is -0.535. The summed E-state index contributed by atoms with van der Waals surface area (Å²) in [6.07, 6.45) is 2.77. The van der Waals surface area contributed by atoms with E-state index < -0.39 is 5.97 Å². The summed E-state index contributed by atoms with van der Waals surface area (Å²) in [6.45, 7) is 1.92. The summed E-state index contributed by atoms with van der Waals surface area (Å²) in [6, 6.07) is 7.39. The lowest BCUT2D eigenvalue weighted by Gasteiger charge is -2.09. The maximum atomic E-state index is 11.2. The maximum absolute atomic E-state index is 11.2. The van der Waals surface area contributed by atoms with E-state index >= 15 is 0 Å². The molecule has 0 aliphatic rings. The van der Waals surface area contributed by atoms with Gasteiger partial charge in [-0.1, -0.05) is 6.07 Å². The Labute approximate surface area is 116 Å². The van der Waals surface area contributed by atoms with Crippen LogP contribution in [0.2, 0.25) is 0 Å². The highest BCUT2D eigenvalue weighted by Gasteiger charge is 2.08. The first-order chi connectivity index (χ1) is 9.63. The van der Waals surface area contributed by atoms with Gasteiger partial charge < -0.3 is 10.1 Å². The summed E-state index contributed by atoms with van der Waals surface area (Å²) in [7, 11) is 1.28. The van der Waals surface area contributed by atoms with Gasteiger partial charge in [-0.3, -0.25) is 0 Å². The van der Waals surface area contributed by atoms with Crippen LogP contribution in [0.3, 0.4) is 0 Å². The molecule has 0 amide bonds. The van der Waals surface area contributed by atoms with E-state index in [-0.39, 0.29) is 5.69 Å². The molecular weight excluding hydrogens is 256 g/mol. The summed E-state index contributed by atoms with van der Waals surface area (Å²) in [5, 5.41) is 11.9. The number of anilines is 2. The molecule has 0 radical (unpaired) electrons. The number of nitrogens with one attached hydrogen (secondary N) is 1. The molecule has 1 heterocycles. The van der Waals surface area contributed by atoms with Crippen LogP contribution < -0.4 is 5.32 Å². The van der Waals surface area contributed by atoms with E-state index in [0.717, 1.165) is 11.3 Å². The van der Waals surface area contributed by atoms with Crippen molar-refractivity contribution in [1.82, 2.24) is 9.97 Å². The number of nitriles is 1. The van der Waals surface area contributed by atoms with E-state index in [1.54, 1.807) is 12.1 Å². The molecule has 1 aromatic heterocycles. The highest BCUT2D eigenvalue weighted by Crippen LogP contribution is 2.20. The summed E-state index contributed by atoms with van der Waals surface area (Å²) in [5.41, 5.74) is 2.44. The second-order valence-electron chi connectivity index (χ2n) is 4.04. The van der Waals surface area contributed by atoms with Crippen molar-refractivity contribution >= 4 is 17.5 Å². The number of rotatable bonds is 3. The van der Waals surface area contributed by atoms with Crippen LogP contribution in [0.25, 0.3) is 0 Å². The predicted molar refractivity (Wildman–Crippen MR) is 72.5 cm³/mol. The lowest BCUT2D eigenvalue weighted by Crippen LogP contribution is -2.06. The van der Waals surface area contributed by atoms with Gasteiger partial charge in [0.2, 0.25) is 0 Å². The Hall–Kier alpha value is -2.94. The third-order valence-corrected chi connectivity index (χ3v) is 2.68. The van der Waals surface area contributed by atoms with Crippen LogP contribution in [-0.2, 0) is 4.74 Å². The Kier molecular flexibility index (Phi) is 3.91. The normalized spacial score (nSPS) is 9.65. The molecule has 0 unspecified atom stereocenters. The first kappa shape index (κ1) is 13.5. The summed E-state index contributed by atoms with van der Waals surface area (Å²) in [5.74, 6) is -0.0532. The molecule has 0 aliphatic carbocycles. The van der Waals surface area contributed by atoms with Crippen molar-refractivity contribution in [2.75, 3.05) is 12.4 Å². The Morgan fingerprint density at radius 1 is 1.35 bits per heavy atom. The molecule has 0 spiro atoms. The van der Waals surface area contributed by atoms with Gasteiger partial charge in [-0.05, 0) is 24.6 Å². The van der Waals surface area contributed by atoms with E-state index in [1.807, 2.05) is 13.0 Å². The maximum Gasteiger partial charge on any atom is 0.358 e. The largest absolute Gasteiger partial charge is 0.464 e. The predicted octanol–water partition coefficient (Wildman–Crippen LogP) is 2.19. The zero-order valence-corrected chi connectivity index (χ0v) is 11.0. The van der Waals surface area contributed by atoms with Crippen molar-refractivity contribution in [3.8, 4) is 6.07 Å². The van der Waals surface area contributed by atoms with E-state index in [2.05, 4.69) is 26.1 Å². The number of nitrogens with zero attached hydrogens (tertiary/aromatic N) is 3. The van der Waals surface area contributed by atoms with Crippen molar-refractivity contribution in [3.05, 3.63) is 47.4 Å². The van der Waals surface area contributed by atoms with Crippen molar-refractivity contribution in [1.29, 1.82) is 5.26 Å². The van der Waals surface area contributed by atoms with Crippen LogP contribution >= 0.6 is 0 Å². The SMILES string of the molecule is COC(=O)c1cnc(Nc2cc(C#N)ccc2C)cn1. The third kappa shape index (κ3) is 2.90. The van der Waals surface area contributed by atoms with E-state index in [0.29, 0.717) is 11.4 Å². The fourth-order valence-corrected chi connectivity index (χ4v) is 1.57. The number of hydrogen-bond acceptors (Lipinski definition) is 6. The summed E-state index contributed by atoms with van der Waals surface area (Å²) < 4.78 is 4.55. The zero-order chi connectivity index (χ0) is 14.5. The quantitative estimate of drug-likeness (QED) is 0.858. The Balaban J connectivity index is 2.22. The molecule has 0 saturated carbocycles. The van der Waals surface area contributed by atoms with Crippen molar-refractivity contribution < 1.29 is 9.53 Å². The van der Waals surface area contributed by atoms with Gasteiger partial charge in [-0.2, -0.15) is 5.26 Å². The lowest BCUT2D eigenvalue weighted by molar-refractivity contribution is 0.0593. The molecule has 20 heavy (non-hydrogen) atoms. The molecule has 0 bridgehead atoms. The standard InChI is InChI=1S/C14H12N4O2/c1-9-3-4-10(6-15)5-11(9)18-13-8-16-12(7-17-13)14(19)20-2/h3-5,7-8H,1-2H3,(H,17,18). The van der Waals surface area contributed by atoms with Crippen LogP contribution in [0.4, 0.5) is 11.5 Å². The Bertz CT molecular complexity index is 675. The fraction of sp³-hybridized carbons (Fsp3) is 0.143. The molecule has 100 valence electrons. The fourth-order valence-electron chi connectivity index (χ4n) is 1.57. The van der Waals surface area contributed by atoms with Crippen molar-refractivity contribution in [2.45, 2.75) is 6.92 Å². The van der Waals surface area contributed by atoms with E-state index in [1.165, 1.54) is 19.5 Å². The molecule has 0 saturated heterocycles. The minimum absolute atomic E-state index is 0.139. The Morgan fingerprint density at radius 2 is 2.15 bits per heavy atom. The molecule has 0 fully saturated rings. The number of hydrogen-bond donors (Lipinski definition) is 1. The number of carbonyl (C=O) groups excluding carboxylic acids is 1. The number of benzene rings is 1. The molecule has 1 N–H and O–H groups in total. The van der Waals surface area contributed by atoms with Crippen LogP contribution in [0.1, 0.15) is 21.6 Å². The minimum Gasteiger partial charge on any atom is -0.464 e. The van der Waals surface area contributed by atoms with E-state index in [4.69, 9.17) is 5.26 Å². The summed E-state index contributed by atoms with van der Waals surface area (Å²) in [4.78, 5) is 19.3. The molecular formula is C14H12N4O2. The van der Waals surface area contributed by atoms with Gasteiger partial charge in [0.1, 0.15) is 5.82 Å². The topological polar surface area (TPSA) is 87.9 Å². The molecule has 2 aromatic rings. The first-order valence-corrected chi connectivity index (χ1v) is 5.82. The van der Waals surface area contributed by atoms with Crippen LogP contribution in [0.15, 0.2) is 30.6 Å². The smallest absolute Gasteiger partial charge is 0.358 e. The average Bonchev–Trinajstić information content (AvgIpc) is 2.49. The highest BCUT2D eigenvalue weighted by molar-refractivity contribution is 5.86. The highest BCUT2D eigenvalue weighted by atomic mass is 16.5. The molecule has 0 atom stereocenters. The van der Waals surface area contributed by atoms with Gasteiger partial charge in [0.25, 0.3) is 0 Å². The number of carbonyl (C=O) groups is 1. The number of methoxy groups -OCH3 is 1.